The van der Waals surface area contributed by atoms with Gasteiger partial charge in [-0.15, -0.1) is 0 Å². The zero-order valence-electron chi connectivity index (χ0n) is 14.2. The molecule has 0 heterocycles. The molecule has 0 saturated heterocycles. The monoisotopic (exact) mass is 270 g/mol. The highest BCUT2D eigenvalue weighted by Crippen LogP contribution is 2.24. The van der Waals surface area contributed by atoms with Crippen LogP contribution in [0, 0.1) is 13.8 Å². The van der Waals surface area contributed by atoms with Gasteiger partial charge in [0.05, 0.1) is 0 Å². The van der Waals surface area contributed by atoms with Crippen LogP contribution in [-0.4, -0.2) is 0 Å². The van der Waals surface area contributed by atoms with Gasteiger partial charge < -0.3 is 0 Å². The summed E-state index contributed by atoms with van der Waals surface area (Å²) >= 11 is 0. The number of rotatable bonds is 2. The summed E-state index contributed by atoms with van der Waals surface area (Å²) in [5.74, 6) is 0.473. The predicted molar refractivity (Wildman–Crippen MR) is 92.6 cm³/mol. The van der Waals surface area contributed by atoms with Crippen molar-refractivity contribution in [3.63, 3.8) is 0 Å². The van der Waals surface area contributed by atoms with Gasteiger partial charge in [0, 0.05) is 5.92 Å². The Kier molecular flexibility index (Phi) is 9.45. The summed E-state index contributed by atoms with van der Waals surface area (Å²) in [5.41, 5.74) is 5.41. The number of aryl methyl sites for hydroxylation is 2. The molecule has 0 nitrogen and oxygen atoms in total. The van der Waals surface area contributed by atoms with Crippen molar-refractivity contribution in [1.29, 1.82) is 0 Å². The fourth-order valence-corrected chi connectivity index (χ4v) is 1.90. The zero-order chi connectivity index (χ0) is 15.5. The van der Waals surface area contributed by atoms with Crippen molar-refractivity contribution < 1.29 is 0 Å². The van der Waals surface area contributed by atoms with Crippen LogP contribution in [0.4, 0.5) is 0 Å². The third-order valence-corrected chi connectivity index (χ3v) is 3.15. The molecular formula is C20H30. The average Bonchev–Trinajstić information content (AvgIpc) is 2.52. The second kappa shape index (κ2) is 10.3. The van der Waals surface area contributed by atoms with E-state index in [0.717, 1.165) is 0 Å². The first-order chi connectivity index (χ1) is 9.66. The molecule has 0 amide bonds. The minimum absolute atomic E-state index is 0.473. The number of hydrogen-bond donors (Lipinski definition) is 0. The summed E-state index contributed by atoms with van der Waals surface area (Å²) in [4.78, 5) is 0. The SMILES string of the molecule is CC.CC.Cc1ccc(C(C)c2ccc(C)cc2)cc1. The normalized spacial score (nSPS) is 9.20. The van der Waals surface area contributed by atoms with Gasteiger partial charge in [0.1, 0.15) is 0 Å². The van der Waals surface area contributed by atoms with Gasteiger partial charge in [0.2, 0.25) is 0 Å². The van der Waals surface area contributed by atoms with Crippen molar-refractivity contribution in [2.24, 2.45) is 0 Å². The van der Waals surface area contributed by atoms with Gasteiger partial charge in [-0.05, 0) is 25.0 Å². The van der Waals surface area contributed by atoms with Crippen LogP contribution in [-0.2, 0) is 0 Å². The van der Waals surface area contributed by atoms with E-state index in [1.165, 1.54) is 22.3 Å². The predicted octanol–water partition coefficient (Wildman–Crippen LogP) is 6.51. The lowest BCUT2D eigenvalue weighted by Gasteiger charge is -2.12. The van der Waals surface area contributed by atoms with Crippen LogP contribution in [0.25, 0.3) is 0 Å². The van der Waals surface area contributed by atoms with Gasteiger partial charge in [0.15, 0.2) is 0 Å². The first-order valence-corrected chi connectivity index (χ1v) is 7.80. The first-order valence-electron chi connectivity index (χ1n) is 7.80. The highest BCUT2D eigenvalue weighted by Gasteiger charge is 2.07. The summed E-state index contributed by atoms with van der Waals surface area (Å²) in [5, 5.41) is 0. The summed E-state index contributed by atoms with van der Waals surface area (Å²) in [6.07, 6.45) is 0. The molecule has 0 aliphatic heterocycles. The molecule has 2 aromatic rings. The van der Waals surface area contributed by atoms with Crippen LogP contribution in [0.15, 0.2) is 48.5 Å². The van der Waals surface area contributed by atoms with Crippen molar-refractivity contribution >= 4 is 0 Å². The maximum absolute atomic E-state index is 2.26. The van der Waals surface area contributed by atoms with Crippen molar-refractivity contribution in [1.82, 2.24) is 0 Å². The second-order valence-corrected chi connectivity index (χ2v) is 4.54. The van der Waals surface area contributed by atoms with Gasteiger partial charge in [-0.1, -0.05) is 94.3 Å². The Morgan fingerprint density at radius 1 is 0.550 bits per heavy atom. The van der Waals surface area contributed by atoms with Gasteiger partial charge in [0.25, 0.3) is 0 Å². The van der Waals surface area contributed by atoms with E-state index in [-0.39, 0.29) is 0 Å². The molecule has 0 atom stereocenters. The van der Waals surface area contributed by atoms with Crippen LogP contribution in [0.2, 0.25) is 0 Å². The molecule has 0 unspecified atom stereocenters. The highest BCUT2D eigenvalue weighted by molar-refractivity contribution is 5.34. The largest absolute Gasteiger partial charge is 0.0683 e. The number of hydrogen-bond acceptors (Lipinski definition) is 0. The summed E-state index contributed by atoms with van der Waals surface area (Å²) in [7, 11) is 0. The van der Waals surface area contributed by atoms with Crippen molar-refractivity contribution in [2.45, 2.75) is 54.4 Å². The Morgan fingerprint density at radius 3 is 1.05 bits per heavy atom. The molecule has 0 spiro atoms. The fraction of sp³-hybridized carbons (Fsp3) is 0.400. The summed E-state index contributed by atoms with van der Waals surface area (Å²) < 4.78 is 0. The minimum Gasteiger partial charge on any atom is -0.0683 e. The average molecular weight is 270 g/mol. The Labute approximate surface area is 125 Å². The molecule has 0 saturated carbocycles. The van der Waals surface area contributed by atoms with Crippen molar-refractivity contribution in [2.75, 3.05) is 0 Å². The Morgan fingerprint density at radius 2 is 0.800 bits per heavy atom. The summed E-state index contributed by atoms with van der Waals surface area (Å²) in [6.45, 7) is 14.5. The Balaban J connectivity index is 0.000000829. The molecule has 2 aromatic carbocycles. The van der Waals surface area contributed by atoms with Crippen molar-refractivity contribution in [3.05, 3.63) is 70.8 Å². The van der Waals surface area contributed by atoms with E-state index in [1.54, 1.807) is 0 Å². The molecule has 0 aromatic heterocycles. The van der Waals surface area contributed by atoms with E-state index in [1.807, 2.05) is 27.7 Å². The smallest absolute Gasteiger partial charge is 0.00610 e. The Hall–Kier alpha value is -1.56. The maximum Gasteiger partial charge on any atom is 0.00610 e. The molecule has 110 valence electrons. The quantitative estimate of drug-likeness (QED) is 0.583. The maximum atomic E-state index is 2.26. The lowest BCUT2D eigenvalue weighted by Crippen LogP contribution is -1.95. The molecule has 0 bridgehead atoms. The van der Waals surface area contributed by atoms with Gasteiger partial charge in [-0.2, -0.15) is 0 Å². The summed E-state index contributed by atoms with van der Waals surface area (Å²) in [6, 6.07) is 17.6. The third kappa shape index (κ3) is 5.61. The standard InChI is InChI=1S/C16H18.2C2H6/c1-12-4-8-15(9-5-12)14(3)16-10-6-13(2)7-11-16;2*1-2/h4-11,14H,1-3H3;2*1-2H3. The van der Waals surface area contributed by atoms with Gasteiger partial charge in [-0.25, -0.2) is 0 Å². The second-order valence-electron chi connectivity index (χ2n) is 4.54. The topological polar surface area (TPSA) is 0 Å². The fourth-order valence-electron chi connectivity index (χ4n) is 1.90. The van der Waals surface area contributed by atoms with E-state index < -0.39 is 0 Å². The molecule has 0 fully saturated rings. The first kappa shape index (κ1) is 18.4. The molecule has 2 rings (SSSR count). The molecular weight excluding hydrogens is 240 g/mol. The number of benzene rings is 2. The molecule has 0 aliphatic carbocycles. The van der Waals surface area contributed by atoms with E-state index >= 15 is 0 Å². The van der Waals surface area contributed by atoms with Crippen molar-refractivity contribution in [3.8, 4) is 0 Å². The van der Waals surface area contributed by atoms with Crippen LogP contribution < -0.4 is 0 Å². The molecule has 0 aliphatic rings. The van der Waals surface area contributed by atoms with Crippen LogP contribution in [0.5, 0.6) is 0 Å². The minimum atomic E-state index is 0.473. The van der Waals surface area contributed by atoms with Crippen LogP contribution in [0.3, 0.4) is 0 Å². The van der Waals surface area contributed by atoms with E-state index in [2.05, 4.69) is 69.3 Å². The van der Waals surface area contributed by atoms with Gasteiger partial charge >= 0.3 is 0 Å². The molecule has 0 radical (unpaired) electrons. The Bertz CT molecular complexity index is 403. The molecule has 0 heteroatoms. The van der Waals surface area contributed by atoms with Crippen LogP contribution >= 0.6 is 0 Å². The zero-order valence-corrected chi connectivity index (χ0v) is 14.2. The van der Waals surface area contributed by atoms with E-state index in [0.29, 0.717) is 5.92 Å². The highest BCUT2D eigenvalue weighted by atomic mass is 14.1. The molecule has 0 N–H and O–H groups in total. The molecule has 20 heavy (non-hydrogen) atoms. The van der Waals surface area contributed by atoms with E-state index in [4.69, 9.17) is 0 Å². The van der Waals surface area contributed by atoms with Gasteiger partial charge in [-0.3, -0.25) is 0 Å². The lowest BCUT2D eigenvalue weighted by atomic mass is 9.92. The lowest BCUT2D eigenvalue weighted by molar-refractivity contribution is 0.920. The van der Waals surface area contributed by atoms with E-state index in [9.17, 15) is 0 Å². The van der Waals surface area contributed by atoms with Crippen LogP contribution in [0.1, 0.15) is 62.8 Å². The third-order valence-electron chi connectivity index (χ3n) is 3.15.